The first-order valence-electron chi connectivity index (χ1n) is 13.1. The molecule has 3 heterocycles. The predicted octanol–water partition coefficient (Wildman–Crippen LogP) is 7.05. The first kappa shape index (κ1) is 25.0. The third-order valence-corrected chi connectivity index (χ3v) is 6.49. The van der Waals surface area contributed by atoms with E-state index in [1.165, 1.54) is 44.9 Å². The quantitative estimate of drug-likeness (QED) is 0.246. The highest BCUT2D eigenvalue weighted by Crippen LogP contribution is 2.25. The van der Waals surface area contributed by atoms with Crippen LogP contribution in [0.5, 0.6) is 5.75 Å². The largest absolute Gasteiger partial charge is 0.494 e. The predicted molar refractivity (Wildman–Crippen MR) is 138 cm³/mol. The normalized spacial score (nSPS) is 13.7. The average Bonchev–Trinajstić information content (AvgIpc) is 3.59. The van der Waals surface area contributed by atoms with Crippen LogP contribution in [0.2, 0.25) is 0 Å². The number of benzene rings is 1. The Hall–Kier alpha value is -3.15. The number of anilines is 1. The number of hydrogen-bond acceptors (Lipinski definition) is 5. The van der Waals surface area contributed by atoms with Crippen LogP contribution in [-0.4, -0.2) is 30.5 Å². The van der Waals surface area contributed by atoms with Crippen molar-refractivity contribution in [3.8, 4) is 5.75 Å². The summed E-state index contributed by atoms with van der Waals surface area (Å²) in [6.07, 6.45) is 11.3. The number of carbonyl (C=O) groups excluding carboxylic acids is 1. The zero-order valence-corrected chi connectivity index (χ0v) is 20.9. The summed E-state index contributed by atoms with van der Waals surface area (Å²) in [6, 6.07) is 15.2. The highest BCUT2D eigenvalue weighted by Gasteiger charge is 2.21. The summed E-state index contributed by atoms with van der Waals surface area (Å²) in [6.45, 7) is 5.73. The van der Waals surface area contributed by atoms with Gasteiger partial charge in [-0.1, -0.05) is 32.6 Å². The third kappa shape index (κ3) is 7.41. The van der Waals surface area contributed by atoms with Gasteiger partial charge >= 0.3 is 0 Å². The van der Waals surface area contributed by atoms with Crippen molar-refractivity contribution in [3.05, 3.63) is 71.9 Å². The van der Waals surface area contributed by atoms with Gasteiger partial charge in [-0.2, -0.15) is 0 Å². The first-order valence-corrected chi connectivity index (χ1v) is 13.1. The van der Waals surface area contributed by atoms with E-state index in [-0.39, 0.29) is 5.91 Å². The Bertz CT molecular complexity index is 1000. The molecule has 6 nitrogen and oxygen atoms in total. The van der Waals surface area contributed by atoms with Gasteiger partial charge in [0, 0.05) is 24.7 Å². The lowest BCUT2D eigenvalue weighted by Crippen LogP contribution is -2.30. The average molecular weight is 479 g/mol. The number of hydrogen-bond donors (Lipinski definition) is 0. The van der Waals surface area contributed by atoms with E-state index >= 15 is 0 Å². The fourth-order valence-corrected chi connectivity index (χ4v) is 4.49. The SMILES string of the molecule is CCCCCCCOc1ccc(C(=O)N(Cc2ccco2)Cc2ccc(N3CCCCC3)o2)cc1. The number of amides is 1. The van der Waals surface area contributed by atoms with Crippen LogP contribution in [0.1, 0.15) is 80.2 Å². The Morgan fingerprint density at radius 3 is 2.43 bits per heavy atom. The molecule has 0 spiro atoms. The lowest BCUT2D eigenvalue weighted by atomic mass is 10.1. The maximum absolute atomic E-state index is 13.4. The van der Waals surface area contributed by atoms with Gasteiger partial charge in [-0.3, -0.25) is 4.79 Å². The second kappa shape index (κ2) is 13.1. The Morgan fingerprint density at radius 1 is 0.914 bits per heavy atom. The lowest BCUT2D eigenvalue weighted by Gasteiger charge is -2.26. The summed E-state index contributed by atoms with van der Waals surface area (Å²) in [4.78, 5) is 17.5. The standard InChI is InChI=1S/C29H38N2O4/c1-2-3-4-5-9-20-33-25-14-12-24(13-15-25)29(32)31(22-26-11-10-21-34-26)23-27-16-17-28(35-27)30-18-7-6-8-19-30/h10-17,21H,2-9,18-20,22-23H2,1H3. The summed E-state index contributed by atoms with van der Waals surface area (Å²) in [5, 5.41) is 0. The van der Waals surface area contributed by atoms with Crippen molar-refractivity contribution in [2.45, 2.75) is 71.4 Å². The molecule has 3 aromatic rings. The van der Waals surface area contributed by atoms with Gasteiger partial charge in [-0.25, -0.2) is 0 Å². The zero-order chi connectivity index (χ0) is 24.3. The number of furan rings is 2. The van der Waals surface area contributed by atoms with Crippen molar-refractivity contribution in [1.82, 2.24) is 4.90 Å². The molecule has 1 aliphatic heterocycles. The van der Waals surface area contributed by atoms with Gasteiger partial charge in [-0.15, -0.1) is 0 Å². The fraction of sp³-hybridized carbons (Fsp3) is 0.483. The number of carbonyl (C=O) groups is 1. The van der Waals surface area contributed by atoms with Gasteiger partial charge in [0.1, 0.15) is 17.3 Å². The summed E-state index contributed by atoms with van der Waals surface area (Å²) in [5.74, 6) is 3.13. The molecule has 0 radical (unpaired) electrons. The molecule has 1 amide bonds. The molecule has 0 aliphatic carbocycles. The molecule has 6 heteroatoms. The molecule has 0 saturated carbocycles. The Labute approximate surface area is 208 Å². The summed E-state index contributed by atoms with van der Waals surface area (Å²) >= 11 is 0. The monoisotopic (exact) mass is 478 g/mol. The maximum Gasteiger partial charge on any atom is 0.254 e. The summed E-state index contributed by atoms with van der Waals surface area (Å²) in [5.41, 5.74) is 0.620. The van der Waals surface area contributed by atoms with Crippen LogP contribution in [0, 0.1) is 0 Å². The Morgan fingerprint density at radius 2 is 1.69 bits per heavy atom. The van der Waals surface area contributed by atoms with Crippen molar-refractivity contribution in [2.75, 3.05) is 24.6 Å². The van der Waals surface area contributed by atoms with E-state index in [9.17, 15) is 4.79 Å². The van der Waals surface area contributed by atoms with Crippen molar-refractivity contribution in [1.29, 1.82) is 0 Å². The molecular weight excluding hydrogens is 440 g/mol. The summed E-state index contributed by atoms with van der Waals surface area (Å²) in [7, 11) is 0. The van der Waals surface area contributed by atoms with Crippen LogP contribution in [0.15, 0.2) is 63.6 Å². The Balaban J connectivity index is 1.38. The van der Waals surface area contributed by atoms with Crippen molar-refractivity contribution >= 4 is 11.8 Å². The Kier molecular flexibility index (Phi) is 9.32. The topological polar surface area (TPSA) is 59.1 Å². The van der Waals surface area contributed by atoms with E-state index in [4.69, 9.17) is 13.6 Å². The number of piperidine rings is 1. The lowest BCUT2D eigenvalue weighted by molar-refractivity contribution is 0.0705. The van der Waals surface area contributed by atoms with Gasteiger partial charge in [0.25, 0.3) is 5.91 Å². The molecular formula is C29H38N2O4. The number of nitrogens with zero attached hydrogens (tertiary/aromatic N) is 2. The highest BCUT2D eigenvalue weighted by molar-refractivity contribution is 5.94. The van der Waals surface area contributed by atoms with Crippen LogP contribution < -0.4 is 9.64 Å². The molecule has 1 fully saturated rings. The van der Waals surface area contributed by atoms with Gasteiger partial charge < -0.3 is 23.4 Å². The molecule has 35 heavy (non-hydrogen) atoms. The van der Waals surface area contributed by atoms with Crippen molar-refractivity contribution in [3.63, 3.8) is 0 Å². The minimum atomic E-state index is -0.0663. The smallest absolute Gasteiger partial charge is 0.254 e. The third-order valence-electron chi connectivity index (χ3n) is 6.49. The molecule has 0 atom stereocenters. The van der Waals surface area contributed by atoms with Crippen LogP contribution in [-0.2, 0) is 13.1 Å². The van der Waals surface area contributed by atoms with Gasteiger partial charge in [0.15, 0.2) is 5.88 Å². The molecule has 1 aromatic carbocycles. The van der Waals surface area contributed by atoms with E-state index in [0.29, 0.717) is 25.3 Å². The van der Waals surface area contributed by atoms with Crippen LogP contribution >= 0.6 is 0 Å². The van der Waals surface area contributed by atoms with E-state index in [2.05, 4.69) is 11.8 Å². The number of rotatable bonds is 13. The molecule has 2 aromatic heterocycles. The van der Waals surface area contributed by atoms with Crippen LogP contribution in [0.3, 0.4) is 0 Å². The number of unbranched alkanes of at least 4 members (excludes halogenated alkanes) is 4. The second-order valence-corrected chi connectivity index (χ2v) is 9.32. The van der Waals surface area contributed by atoms with Crippen molar-refractivity contribution < 1.29 is 18.4 Å². The highest BCUT2D eigenvalue weighted by atomic mass is 16.5. The van der Waals surface area contributed by atoms with Crippen LogP contribution in [0.25, 0.3) is 0 Å². The van der Waals surface area contributed by atoms with Gasteiger partial charge in [0.05, 0.1) is 26.0 Å². The molecule has 0 unspecified atom stereocenters. The molecule has 0 bridgehead atoms. The van der Waals surface area contributed by atoms with E-state index in [1.54, 1.807) is 11.2 Å². The number of ether oxygens (including phenoxy) is 1. The molecule has 0 N–H and O–H groups in total. The minimum Gasteiger partial charge on any atom is -0.494 e. The molecule has 1 aliphatic rings. The van der Waals surface area contributed by atoms with E-state index in [1.807, 2.05) is 48.5 Å². The van der Waals surface area contributed by atoms with E-state index in [0.717, 1.165) is 42.7 Å². The molecule has 188 valence electrons. The minimum absolute atomic E-state index is 0.0663. The van der Waals surface area contributed by atoms with Crippen LogP contribution in [0.4, 0.5) is 5.88 Å². The molecule has 4 rings (SSSR count). The fourth-order valence-electron chi connectivity index (χ4n) is 4.49. The first-order chi connectivity index (χ1) is 17.2. The van der Waals surface area contributed by atoms with E-state index < -0.39 is 0 Å². The second-order valence-electron chi connectivity index (χ2n) is 9.32. The molecule has 1 saturated heterocycles. The maximum atomic E-state index is 13.4. The van der Waals surface area contributed by atoms with Gasteiger partial charge in [0.2, 0.25) is 0 Å². The van der Waals surface area contributed by atoms with Crippen molar-refractivity contribution in [2.24, 2.45) is 0 Å². The zero-order valence-electron chi connectivity index (χ0n) is 20.9. The summed E-state index contributed by atoms with van der Waals surface area (Å²) < 4.78 is 17.5. The van der Waals surface area contributed by atoms with Gasteiger partial charge in [-0.05, 0) is 68.1 Å².